The second-order valence-corrected chi connectivity index (χ2v) is 6.73. The molecule has 0 saturated carbocycles. The van der Waals surface area contributed by atoms with E-state index in [0.717, 1.165) is 0 Å². The van der Waals surface area contributed by atoms with E-state index in [1.54, 1.807) is 30.3 Å². The number of rotatable bonds is 6. The van der Waals surface area contributed by atoms with Crippen LogP contribution in [0.25, 0.3) is 0 Å². The lowest BCUT2D eigenvalue weighted by atomic mass is 10.3. The highest BCUT2D eigenvalue weighted by Crippen LogP contribution is 2.22. The Labute approximate surface area is 139 Å². The van der Waals surface area contributed by atoms with Crippen LogP contribution >= 0.6 is 11.6 Å². The Balaban J connectivity index is 2.01. The molecule has 122 valence electrons. The summed E-state index contributed by atoms with van der Waals surface area (Å²) in [5, 5.41) is 2.88. The van der Waals surface area contributed by atoms with Crippen LogP contribution in [0.15, 0.2) is 53.4 Å². The van der Waals surface area contributed by atoms with Crippen molar-refractivity contribution in [2.24, 2.45) is 0 Å². The Morgan fingerprint density at radius 2 is 1.91 bits per heavy atom. The van der Waals surface area contributed by atoms with Gasteiger partial charge in [0, 0.05) is 5.02 Å². The third-order valence-electron chi connectivity index (χ3n) is 2.91. The van der Waals surface area contributed by atoms with E-state index in [9.17, 15) is 13.2 Å². The Morgan fingerprint density at radius 1 is 1.17 bits per heavy atom. The van der Waals surface area contributed by atoms with E-state index in [0.29, 0.717) is 16.5 Å². The van der Waals surface area contributed by atoms with Crippen LogP contribution in [0.4, 0.5) is 5.69 Å². The van der Waals surface area contributed by atoms with E-state index < -0.39 is 22.5 Å². The number of para-hydroxylation sites is 2. The first kappa shape index (κ1) is 17.3. The maximum absolute atomic E-state index is 12.1. The number of methoxy groups -OCH3 is 1. The molecule has 0 radical (unpaired) electrons. The molecule has 2 aromatic carbocycles. The lowest BCUT2D eigenvalue weighted by Gasteiger charge is -2.10. The van der Waals surface area contributed by atoms with Gasteiger partial charge in [0.15, 0.2) is 0 Å². The molecular weight excluding hydrogens is 340 g/mol. The molecule has 0 aliphatic rings. The van der Waals surface area contributed by atoms with Crippen LogP contribution < -0.4 is 14.8 Å². The van der Waals surface area contributed by atoms with E-state index >= 15 is 0 Å². The average Bonchev–Trinajstić information content (AvgIpc) is 2.53. The number of sulfonamides is 1. The van der Waals surface area contributed by atoms with Crippen LogP contribution in [-0.4, -0.2) is 28.0 Å². The van der Waals surface area contributed by atoms with Crippen LogP contribution in [-0.2, 0) is 14.8 Å². The average molecular weight is 355 g/mol. The summed E-state index contributed by atoms with van der Waals surface area (Å²) in [6.45, 7) is -0.410. The number of ether oxygens (including phenoxy) is 1. The number of hydrogen-bond acceptors (Lipinski definition) is 4. The number of halogens is 1. The fraction of sp³-hybridized carbons (Fsp3) is 0.133. The predicted octanol–water partition coefficient (Wildman–Crippen LogP) is 2.27. The van der Waals surface area contributed by atoms with Crippen molar-refractivity contribution in [1.29, 1.82) is 0 Å². The number of carbonyl (C=O) groups excluding carboxylic acids is 1. The lowest BCUT2D eigenvalue weighted by Crippen LogP contribution is -2.33. The van der Waals surface area contributed by atoms with Crippen molar-refractivity contribution in [1.82, 2.24) is 4.72 Å². The molecule has 0 unspecified atom stereocenters. The number of amides is 1. The van der Waals surface area contributed by atoms with Gasteiger partial charge in [0.25, 0.3) is 0 Å². The highest BCUT2D eigenvalue weighted by atomic mass is 35.5. The third-order valence-corrected chi connectivity index (χ3v) is 4.54. The van der Waals surface area contributed by atoms with Crippen molar-refractivity contribution >= 4 is 33.2 Å². The number of hydrogen-bond donors (Lipinski definition) is 2. The van der Waals surface area contributed by atoms with Gasteiger partial charge in [-0.05, 0) is 30.3 Å². The quantitative estimate of drug-likeness (QED) is 0.833. The van der Waals surface area contributed by atoms with Crippen molar-refractivity contribution in [2.45, 2.75) is 4.90 Å². The van der Waals surface area contributed by atoms with Gasteiger partial charge in [-0.1, -0.05) is 29.8 Å². The zero-order valence-electron chi connectivity index (χ0n) is 12.2. The van der Waals surface area contributed by atoms with Gasteiger partial charge in [0.05, 0.1) is 24.2 Å². The summed E-state index contributed by atoms with van der Waals surface area (Å²) in [5.74, 6) is -0.0290. The van der Waals surface area contributed by atoms with Crippen molar-refractivity contribution in [2.75, 3.05) is 19.0 Å². The molecule has 23 heavy (non-hydrogen) atoms. The summed E-state index contributed by atoms with van der Waals surface area (Å²) in [6, 6.07) is 12.6. The molecule has 0 aromatic heterocycles. The number of benzene rings is 2. The van der Waals surface area contributed by atoms with Crippen LogP contribution in [0.2, 0.25) is 5.02 Å². The van der Waals surface area contributed by atoms with Crippen LogP contribution in [0.3, 0.4) is 0 Å². The minimum absolute atomic E-state index is 0.00454. The minimum atomic E-state index is -3.81. The molecular formula is C15H15ClN2O4S. The summed E-state index contributed by atoms with van der Waals surface area (Å²) >= 11 is 5.77. The van der Waals surface area contributed by atoms with E-state index in [1.165, 1.54) is 25.3 Å². The van der Waals surface area contributed by atoms with Gasteiger partial charge in [-0.25, -0.2) is 13.1 Å². The monoisotopic (exact) mass is 354 g/mol. The molecule has 0 fully saturated rings. The van der Waals surface area contributed by atoms with Crippen molar-refractivity contribution in [3.8, 4) is 5.75 Å². The van der Waals surface area contributed by atoms with Gasteiger partial charge in [0.1, 0.15) is 5.75 Å². The Hall–Kier alpha value is -2.09. The zero-order chi connectivity index (χ0) is 16.9. The molecule has 0 aliphatic carbocycles. The maximum Gasteiger partial charge on any atom is 0.241 e. The largest absolute Gasteiger partial charge is 0.495 e. The zero-order valence-corrected chi connectivity index (χ0v) is 13.8. The molecule has 0 heterocycles. The van der Waals surface area contributed by atoms with Gasteiger partial charge in [-0.3, -0.25) is 4.79 Å². The van der Waals surface area contributed by atoms with Crippen molar-refractivity contribution in [3.63, 3.8) is 0 Å². The standard InChI is InChI=1S/C15H15ClN2O4S/c1-22-14-8-3-2-7-13(14)18-15(19)10-17-23(20,21)12-6-4-5-11(16)9-12/h2-9,17H,10H2,1H3,(H,18,19). The molecule has 0 aliphatic heterocycles. The summed E-state index contributed by atoms with van der Waals surface area (Å²) in [4.78, 5) is 11.9. The van der Waals surface area contributed by atoms with E-state index in [-0.39, 0.29) is 4.90 Å². The SMILES string of the molecule is COc1ccccc1NC(=O)CNS(=O)(=O)c1cccc(Cl)c1. The molecule has 1 amide bonds. The van der Waals surface area contributed by atoms with Crippen LogP contribution in [0, 0.1) is 0 Å². The molecule has 6 nitrogen and oxygen atoms in total. The first-order valence-electron chi connectivity index (χ1n) is 6.60. The number of anilines is 1. The van der Waals surface area contributed by atoms with Crippen molar-refractivity contribution < 1.29 is 17.9 Å². The Bertz CT molecular complexity index is 809. The van der Waals surface area contributed by atoms with Gasteiger partial charge >= 0.3 is 0 Å². The smallest absolute Gasteiger partial charge is 0.241 e. The van der Waals surface area contributed by atoms with Gasteiger partial charge in [0.2, 0.25) is 15.9 Å². The molecule has 0 spiro atoms. The summed E-state index contributed by atoms with van der Waals surface area (Å²) in [7, 11) is -2.33. The fourth-order valence-corrected chi connectivity index (χ4v) is 3.10. The normalized spacial score (nSPS) is 11.0. The highest BCUT2D eigenvalue weighted by Gasteiger charge is 2.16. The molecule has 0 atom stereocenters. The van der Waals surface area contributed by atoms with Crippen LogP contribution in [0.5, 0.6) is 5.75 Å². The first-order valence-corrected chi connectivity index (χ1v) is 8.46. The van der Waals surface area contributed by atoms with Crippen molar-refractivity contribution in [3.05, 3.63) is 53.6 Å². The third kappa shape index (κ3) is 4.69. The summed E-state index contributed by atoms with van der Waals surface area (Å²) in [5.41, 5.74) is 0.460. The van der Waals surface area contributed by atoms with E-state index in [1.807, 2.05) is 0 Å². The number of nitrogens with one attached hydrogen (secondary N) is 2. The topological polar surface area (TPSA) is 84.5 Å². The summed E-state index contributed by atoms with van der Waals surface area (Å²) < 4.78 is 31.5. The lowest BCUT2D eigenvalue weighted by molar-refractivity contribution is -0.115. The number of carbonyl (C=O) groups is 1. The second-order valence-electron chi connectivity index (χ2n) is 4.53. The molecule has 2 aromatic rings. The minimum Gasteiger partial charge on any atom is -0.495 e. The Morgan fingerprint density at radius 3 is 2.61 bits per heavy atom. The van der Waals surface area contributed by atoms with Gasteiger partial charge in [-0.2, -0.15) is 0 Å². The molecule has 2 rings (SSSR count). The maximum atomic E-state index is 12.1. The fourth-order valence-electron chi connectivity index (χ4n) is 1.82. The second kappa shape index (κ2) is 7.45. The molecule has 0 bridgehead atoms. The van der Waals surface area contributed by atoms with Gasteiger partial charge < -0.3 is 10.1 Å². The van der Waals surface area contributed by atoms with Crippen LogP contribution in [0.1, 0.15) is 0 Å². The highest BCUT2D eigenvalue weighted by molar-refractivity contribution is 7.89. The Kier molecular flexibility index (Phi) is 5.59. The summed E-state index contributed by atoms with van der Waals surface area (Å²) in [6.07, 6.45) is 0. The van der Waals surface area contributed by atoms with E-state index in [2.05, 4.69) is 10.0 Å². The molecule has 0 saturated heterocycles. The molecule has 8 heteroatoms. The predicted molar refractivity (Wildman–Crippen MR) is 88.3 cm³/mol. The van der Waals surface area contributed by atoms with E-state index in [4.69, 9.17) is 16.3 Å². The first-order chi connectivity index (χ1) is 10.9. The van der Waals surface area contributed by atoms with Gasteiger partial charge in [-0.15, -0.1) is 0 Å². The molecule has 2 N–H and O–H groups in total.